The summed E-state index contributed by atoms with van der Waals surface area (Å²) in [6.45, 7) is 3.87. The molecule has 1 aliphatic carbocycles. The average Bonchev–Trinajstić information content (AvgIpc) is 2.77. The predicted octanol–water partition coefficient (Wildman–Crippen LogP) is 3.61. The first kappa shape index (κ1) is 15.3. The van der Waals surface area contributed by atoms with Crippen molar-refractivity contribution in [3.8, 4) is 5.75 Å². The molecule has 0 spiro atoms. The molecule has 106 valence electrons. The summed E-state index contributed by atoms with van der Waals surface area (Å²) in [5.41, 5.74) is 1.19. The van der Waals surface area contributed by atoms with Crippen molar-refractivity contribution in [2.45, 2.75) is 44.9 Å². The predicted molar refractivity (Wildman–Crippen MR) is 83.5 cm³/mol. The van der Waals surface area contributed by atoms with Gasteiger partial charge in [-0.15, -0.1) is 0 Å². The Labute approximate surface area is 131 Å². The zero-order chi connectivity index (χ0) is 13.8. The Morgan fingerprint density at radius 3 is 2.53 bits per heavy atom. The van der Waals surface area contributed by atoms with Gasteiger partial charge in [-0.2, -0.15) is 0 Å². The van der Waals surface area contributed by atoms with Crippen LogP contribution >= 0.6 is 31.9 Å². The van der Waals surface area contributed by atoms with Gasteiger partial charge in [-0.25, -0.2) is 0 Å². The molecule has 2 atom stereocenters. The largest absolute Gasteiger partial charge is 0.485 e. The van der Waals surface area contributed by atoms with Crippen LogP contribution in [0.5, 0.6) is 5.75 Å². The smallest absolute Gasteiger partial charge is 0.148 e. The highest BCUT2D eigenvalue weighted by molar-refractivity contribution is 9.11. The molecule has 2 rings (SSSR count). The van der Waals surface area contributed by atoms with Gasteiger partial charge in [0.2, 0.25) is 0 Å². The van der Waals surface area contributed by atoms with Gasteiger partial charge in [0, 0.05) is 6.54 Å². The lowest BCUT2D eigenvalue weighted by Gasteiger charge is -2.20. The lowest BCUT2D eigenvalue weighted by atomic mass is 10.2. The van der Waals surface area contributed by atoms with Crippen LogP contribution in [0.4, 0.5) is 0 Å². The summed E-state index contributed by atoms with van der Waals surface area (Å²) in [4.78, 5) is 0. The molecule has 1 aromatic rings. The van der Waals surface area contributed by atoms with E-state index in [1.165, 1.54) is 5.56 Å². The Bertz CT molecular complexity index is 416. The standard InChI is InChI=1S/C14H19Br2NO2/c1-2-17-8-9-6-10(15)14(11(16)7-9)19-13-5-3-4-12(13)18/h6-7,12-13,17-18H,2-5,8H2,1H3. The summed E-state index contributed by atoms with van der Waals surface area (Å²) in [6.07, 6.45) is 2.34. The number of hydrogen-bond donors (Lipinski definition) is 2. The van der Waals surface area contributed by atoms with E-state index in [9.17, 15) is 5.11 Å². The number of ether oxygens (including phenoxy) is 1. The van der Waals surface area contributed by atoms with E-state index in [0.717, 1.165) is 47.0 Å². The Morgan fingerprint density at radius 1 is 1.32 bits per heavy atom. The fraction of sp³-hybridized carbons (Fsp3) is 0.571. The molecule has 2 unspecified atom stereocenters. The first-order valence-corrected chi connectivity index (χ1v) is 8.23. The fourth-order valence-electron chi connectivity index (χ4n) is 2.29. The zero-order valence-electron chi connectivity index (χ0n) is 11.0. The number of rotatable bonds is 5. The molecule has 1 aliphatic rings. The van der Waals surface area contributed by atoms with Crippen LogP contribution in [0.1, 0.15) is 31.7 Å². The van der Waals surface area contributed by atoms with Crippen molar-refractivity contribution in [3.05, 3.63) is 26.6 Å². The second-order valence-corrected chi connectivity index (χ2v) is 6.53. The quantitative estimate of drug-likeness (QED) is 0.804. The van der Waals surface area contributed by atoms with Gasteiger partial charge >= 0.3 is 0 Å². The molecule has 1 saturated carbocycles. The molecule has 1 fully saturated rings. The second-order valence-electron chi connectivity index (χ2n) is 4.82. The van der Waals surface area contributed by atoms with E-state index in [4.69, 9.17) is 4.74 Å². The zero-order valence-corrected chi connectivity index (χ0v) is 14.1. The van der Waals surface area contributed by atoms with E-state index < -0.39 is 0 Å². The lowest BCUT2D eigenvalue weighted by Crippen LogP contribution is -2.26. The average molecular weight is 393 g/mol. The summed E-state index contributed by atoms with van der Waals surface area (Å²) >= 11 is 7.11. The maximum absolute atomic E-state index is 9.84. The van der Waals surface area contributed by atoms with E-state index in [0.29, 0.717) is 0 Å². The van der Waals surface area contributed by atoms with Gasteiger partial charge in [0.1, 0.15) is 11.9 Å². The Hall–Kier alpha value is -0.100. The van der Waals surface area contributed by atoms with Crippen molar-refractivity contribution in [1.82, 2.24) is 5.32 Å². The third kappa shape index (κ3) is 3.94. The minimum atomic E-state index is -0.347. The van der Waals surface area contributed by atoms with E-state index in [2.05, 4.69) is 56.2 Å². The third-order valence-electron chi connectivity index (χ3n) is 3.32. The highest BCUT2D eigenvalue weighted by Gasteiger charge is 2.28. The maximum atomic E-state index is 9.84. The summed E-state index contributed by atoms with van der Waals surface area (Å²) in [5, 5.41) is 13.1. The molecular formula is C14H19Br2NO2. The van der Waals surface area contributed by atoms with Gasteiger partial charge < -0.3 is 15.2 Å². The number of aliphatic hydroxyl groups excluding tert-OH is 1. The molecule has 2 N–H and O–H groups in total. The van der Waals surface area contributed by atoms with Gasteiger partial charge in [0.05, 0.1) is 15.0 Å². The van der Waals surface area contributed by atoms with Gasteiger partial charge in [0.25, 0.3) is 0 Å². The highest BCUT2D eigenvalue weighted by Crippen LogP contribution is 2.37. The van der Waals surface area contributed by atoms with Crippen LogP contribution in [-0.4, -0.2) is 23.9 Å². The topological polar surface area (TPSA) is 41.5 Å². The molecule has 0 radical (unpaired) electrons. The van der Waals surface area contributed by atoms with Crippen molar-refractivity contribution >= 4 is 31.9 Å². The molecule has 0 amide bonds. The van der Waals surface area contributed by atoms with Crippen molar-refractivity contribution < 1.29 is 9.84 Å². The normalized spacial score (nSPS) is 22.7. The van der Waals surface area contributed by atoms with E-state index in [-0.39, 0.29) is 12.2 Å². The second kappa shape index (κ2) is 7.07. The minimum Gasteiger partial charge on any atom is -0.485 e. The Kier molecular flexibility index (Phi) is 5.69. The maximum Gasteiger partial charge on any atom is 0.148 e. The molecule has 0 bridgehead atoms. The van der Waals surface area contributed by atoms with Crippen molar-refractivity contribution in [1.29, 1.82) is 0 Å². The summed E-state index contributed by atoms with van der Waals surface area (Å²) in [5.74, 6) is 0.784. The first-order chi connectivity index (χ1) is 9.11. The summed E-state index contributed by atoms with van der Waals surface area (Å²) in [7, 11) is 0. The van der Waals surface area contributed by atoms with Gasteiger partial charge in [-0.05, 0) is 75.4 Å². The van der Waals surface area contributed by atoms with Crippen LogP contribution in [-0.2, 0) is 6.54 Å². The van der Waals surface area contributed by atoms with E-state index >= 15 is 0 Å². The van der Waals surface area contributed by atoms with E-state index in [1.54, 1.807) is 0 Å². The number of hydrogen-bond acceptors (Lipinski definition) is 3. The fourth-order valence-corrected chi connectivity index (χ4v) is 3.76. The molecule has 0 aromatic heterocycles. The van der Waals surface area contributed by atoms with Gasteiger partial charge in [-0.3, -0.25) is 0 Å². The SMILES string of the molecule is CCNCc1cc(Br)c(OC2CCCC2O)c(Br)c1. The van der Waals surface area contributed by atoms with Gasteiger partial charge in [-0.1, -0.05) is 6.92 Å². The number of benzene rings is 1. The Balaban J connectivity index is 2.12. The van der Waals surface area contributed by atoms with Crippen LogP contribution in [0, 0.1) is 0 Å². The van der Waals surface area contributed by atoms with Crippen molar-refractivity contribution in [2.75, 3.05) is 6.54 Å². The summed E-state index contributed by atoms with van der Waals surface area (Å²) in [6, 6.07) is 4.12. The molecule has 0 aliphatic heterocycles. The molecule has 1 aromatic carbocycles. The van der Waals surface area contributed by atoms with Crippen LogP contribution in [0.3, 0.4) is 0 Å². The van der Waals surface area contributed by atoms with E-state index in [1.807, 2.05) is 0 Å². The van der Waals surface area contributed by atoms with Crippen LogP contribution in [0.15, 0.2) is 21.1 Å². The molecule has 0 saturated heterocycles. The van der Waals surface area contributed by atoms with Crippen LogP contribution in [0.25, 0.3) is 0 Å². The first-order valence-electron chi connectivity index (χ1n) is 6.65. The molecule has 0 heterocycles. The molecule has 3 nitrogen and oxygen atoms in total. The minimum absolute atomic E-state index is 0.0905. The monoisotopic (exact) mass is 391 g/mol. The van der Waals surface area contributed by atoms with Crippen molar-refractivity contribution in [3.63, 3.8) is 0 Å². The molecule has 5 heteroatoms. The number of aliphatic hydroxyl groups is 1. The highest BCUT2D eigenvalue weighted by atomic mass is 79.9. The van der Waals surface area contributed by atoms with Crippen LogP contribution < -0.4 is 10.1 Å². The molecule has 19 heavy (non-hydrogen) atoms. The Morgan fingerprint density at radius 2 is 2.00 bits per heavy atom. The lowest BCUT2D eigenvalue weighted by molar-refractivity contribution is 0.0594. The van der Waals surface area contributed by atoms with Crippen LogP contribution in [0.2, 0.25) is 0 Å². The third-order valence-corrected chi connectivity index (χ3v) is 4.50. The molecular weight excluding hydrogens is 374 g/mol. The number of nitrogens with one attached hydrogen (secondary N) is 1. The summed E-state index contributed by atoms with van der Waals surface area (Å²) < 4.78 is 7.79. The van der Waals surface area contributed by atoms with Gasteiger partial charge in [0.15, 0.2) is 0 Å². The van der Waals surface area contributed by atoms with Crippen molar-refractivity contribution in [2.24, 2.45) is 0 Å². The number of halogens is 2.